The van der Waals surface area contributed by atoms with E-state index in [0.717, 1.165) is 28.7 Å². The third kappa shape index (κ3) is 2.00. The number of halogens is 2. The Morgan fingerprint density at radius 3 is 3.00 bits per heavy atom. The van der Waals surface area contributed by atoms with Gasteiger partial charge in [-0.3, -0.25) is 0 Å². The predicted octanol–water partition coefficient (Wildman–Crippen LogP) is 4.07. The van der Waals surface area contributed by atoms with Crippen molar-refractivity contribution in [3.05, 3.63) is 28.5 Å². The zero-order valence-electron chi connectivity index (χ0n) is 11.1. The number of hydrogen-bond donors (Lipinski definition) is 0. The molecule has 3 atom stereocenters. The second-order valence-electron chi connectivity index (χ2n) is 5.65. The maximum Gasteiger partial charge on any atom is 0.111 e. The molecule has 106 valence electrons. The van der Waals surface area contributed by atoms with Gasteiger partial charge in [-0.05, 0) is 37.5 Å². The van der Waals surface area contributed by atoms with Gasteiger partial charge >= 0.3 is 0 Å². The highest BCUT2D eigenvalue weighted by atomic mass is 79.9. The van der Waals surface area contributed by atoms with Gasteiger partial charge in [0.05, 0.1) is 29.3 Å². The molecule has 3 unspecified atom stereocenters. The lowest BCUT2D eigenvalue weighted by Crippen LogP contribution is -2.22. The van der Waals surface area contributed by atoms with E-state index in [1.807, 2.05) is 0 Å². The number of rotatable bonds is 3. The van der Waals surface area contributed by atoms with Crippen LogP contribution in [0.25, 0.3) is 11.0 Å². The molecule has 3 nitrogen and oxygen atoms in total. The fourth-order valence-electron chi connectivity index (χ4n) is 3.64. The van der Waals surface area contributed by atoms with Crippen molar-refractivity contribution in [1.82, 2.24) is 9.55 Å². The standard InChI is InChI=1S/C15H16BrClN2O/c16-9-1-3-12-11(7-9)18-15(5-6-17)19(12)13-8-10-2-4-14(13)20-10/h1,3,7,10,13-14H,2,4-6,8H2. The fraction of sp³-hybridized carbons (Fsp3) is 0.533. The molecule has 2 aromatic rings. The van der Waals surface area contributed by atoms with Crippen molar-refractivity contribution in [2.45, 2.75) is 43.9 Å². The molecule has 4 rings (SSSR count). The Labute approximate surface area is 131 Å². The molecular formula is C15H16BrClN2O. The summed E-state index contributed by atoms with van der Waals surface area (Å²) in [5.74, 6) is 1.70. The highest BCUT2D eigenvalue weighted by molar-refractivity contribution is 9.10. The van der Waals surface area contributed by atoms with Gasteiger partial charge in [-0.15, -0.1) is 11.6 Å². The first kappa shape index (κ1) is 13.1. The largest absolute Gasteiger partial charge is 0.373 e. The van der Waals surface area contributed by atoms with E-state index in [0.29, 0.717) is 24.1 Å². The number of ether oxygens (including phenoxy) is 1. The lowest BCUT2D eigenvalue weighted by Gasteiger charge is -2.23. The number of imidazole rings is 1. The number of nitrogens with zero attached hydrogens (tertiary/aromatic N) is 2. The highest BCUT2D eigenvalue weighted by Crippen LogP contribution is 2.43. The Morgan fingerprint density at radius 2 is 2.30 bits per heavy atom. The van der Waals surface area contributed by atoms with Crippen LogP contribution >= 0.6 is 27.5 Å². The summed E-state index contributed by atoms with van der Waals surface area (Å²) >= 11 is 9.48. The third-order valence-corrected chi connectivity index (χ3v) is 5.13. The van der Waals surface area contributed by atoms with Crippen molar-refractivity contribution in [2.24, 2.45) is 0 Å². The van der Waals surface area contributed by atoms with Gasteiger partial charge in [0.15, 0.2) is 0 Å². The number of benzene rings is 1. The average Bonchev–Trinajstić information content (AvgIpc) is 3.11. The van der Waals surface area contributed by atoms with Crippen LogP contribution in [-0.2, 0) is 11.2 Å². The monoisotopic (exact) mass is 354 g/mol. The minimum absolute atomic E-state index is 0.357. The lowest BCUT2D eigenvalue weighted by molar-refractivity contribution is 0.0940. The molecule has 5 heteroatoms. The van der Waals surface area contributed by atoms with Gasteiger partial charge in [0, 0.05) is 16.8 Å². The SMILES string of the molecule is ClCCc1nc2cc(Br)ccc2n1C1CC2CCC1O2. The normalized spacial score (nSPS) is 28.6. The topological polar surface area (TPSA) is 27.1 Å². The molecule has 0 spiro atoms. The van der Waals surface area contributed by atoms with Crippen LogP contribution in [0, 0.1) is 0 Å². The number of fused-ring (bicyclic) bond motifs is 3. The molecule has 2 saturated heterocycles. The van der Waals surface area contributed by atoms with E-state index < -0.39 is 0 Å². The fourth-order valence-corrected chi connectivity index (χ4v) is 4.15. The van der Waals surface area contributed by atoms with E-state index in [9.17, 15) is 0 Å². The second-order valence-corrected chi connectivity index (χ2v) is 6.94. The van der Waals surface area contributed by atoms with Crippen LogP contribution in [0.3, 0.4) is 0 Å². The summed E-state index contributed by atoms with van der Waals surface area (Å²) in [5.41, 5.74) is 2.25. The Kier molecular flexibility index (Phi) is 3.28. The van der Waals surface area contributed by atoms with Crippen LogP contribution in [0.5, 0.6) is 0 Å². The molecule has 3 heterocycles. The van der Waals surface area contributed by atoms with E-state index in [1.165, 1.54) is 18.4 Å². The van der Waals surface area contributed by atoms with Gasteiger partial charge in [-0.1, -0.05) is 15.9 Å². The van der Waals surface area contributed by atoms with Crippen molar-refractivity contribution in [2.75, 3.05) is 5.88 Å². The molecular weight excluding hydrogens is 340 g/mol. The van der Waals surface area contributed by atoms with Crippen molar-refractivity contribution in [3.8, 4) is 0 Å². The molecule has 0 saturated carbocycles. The summed E-state index contributed by atoms with van der Waals surface area (Å²) in [6.07, 6.45) is 5.11. The maximum absolute atomic E-state index is 6.02. The summed E-state index contributed by atoms with van der Waals surface area (Å²) < 4.78 is 9.47. The van der Waals surface area contributed by atoms with E-state index in [-0.39, 0.29) is 0 Å². The van der Waals surface area contributed by atoms with Crippen LogP contribution < -0.4 is 0 Å². The van der Waals surface area contributed by atoms with E-state index in [1.54, 1.807) is 0 Å². The van der Waals surface area contributed by atoms with Gasteiger partial charge in [0.25, 0.3) is 0 Å². The first-order chi connectivity index (χ1) is 9.76. The molecule has 1 aromatic heterocycles. The third-order valence-electron chi connectivity index (χ3n) is 4.45. The summed E-state index contributed by atoms with van der Waals surface area (Å²) in [5, 5.41) is 0. The number of alkyl halides is 1. The van der Waals surface area contributed by atoms with Gasteiger partial charge < -0.3 is 9.30 Å². The van der Waals surface area contributed by atoms with Crippen LogP contribution in [0.15, 0.2) is 22.7 Å². The lowest BCUT2D eigenvalue weighted by atomic mass is 9.95. The van der Waals surface area contributed by atoms with Gasteiger partial charge in [0.1, 0.15) is 5.82 Å². The smallest absolute Gasteiger partial charge is 0.111 e. The number of aromatic nitrogens is 2. The zero-order valence-corrected chi connectivity index (χ0v) is 13.4. The molecule has 2 bridgehead atoms. The minimum Gasteiger partial charge on any atom is -0.373 e. The van der Waals surface area contributed by atoms with Crippen molar-refractivity contribution in [3.63, 3.8) is 0 Å². The molecule has 2 aliphatic rings. The van der Waals surface area contributed by atoms with Crippen molar-refractivity contribution in [1.29, 1.82) is 0 Å². The minimum atomic E-state index is 0.357. The summed E-state index contributed by atoms with van der Waals surface area (Å²) in [6, 6.07) is 6.74. The van der Waals surface area contributed by atoms with Gasteiger partial charge in [-0.25, -0.2) is 4.98 Å². The first-order valence-electron chi connectivity index (χ1n) is 7.14. The number of aryl methyl sites for hydroxylation is 1. The van der Waals surface area contributed by atoms with Gasteiger partial charge in [-0.2, -0.15) is 0 Å². The Hall–Kier alpha value is -0.580. The van der Waals surface area contributed by atoms with Crippen LogP contribution in [0.4, 0.5) is 0 Å². The predicted molar refractivity (Wildman–Crippen MR) is 83.4 cm³/mol. The molecule has 2 fully saturated rings. The van der Waals surface area contributed by atoms with E-state index >= 15 is 0 Å². The van der Waals surface area contributed by atoms with E-state index in [4.69, 9.17) is 21.3 Å². The molecule has 0 amide bonds. The second kappa shape index (κ2) is 5.00. The molecule has 0 aliphatic carbocycles. The maximum atomic E-state index is 6.02. The summed E-state index contributed by atoms with van der Waals surface area (Å²) in [6.45, 7) is 0. The highest BCUT2D eigenvalue weighted by Gasteiger charge is 2.42. The summed E-state index contributed by atoms with van der Waals surface area (Å²) in [4.78, 5) is 4.78. The Balaban J connectivity index is 1.85. The first-order valence-corrected chi connectivity index (χ1v) is 8.47. The molecule has 2 aliphatic heterocycles. The van der Waals surface area contributed by atoms with E-state index in [2.05, 4.69) is 38.7 Å². The zero-order chi connectivity index (χ0) is 13.7. The van der Waals surface area contributed by atoms with Gasteiger partial charge in [0.2, 0.25) is 0 Å². The molecule has 0 N–H and O–H groups in total. The average molecular weight is 356 g/mol. The Morgan fingerprint density at radius 1 is 1.40 bits per heavy atom. The molecule has 1 aromatic carbocycles. The van der Waals surface area contributed by atoms with Crippen molar-refractivity contribution < 1.29 is 4.74 Å². The Bertz CT molecular complexity index is 657. The van der Waals surface area contributed by atoms with Crippen LogP contribution in [0.1, 0.15) is 31.1 Å². The molecule has 0 radical (unpaired) electrons. The summed E-state index contributed by atoms with van der Waals surface area (Å²) in [7, 11) is 0. The quantitative estimate of drug-likeness (QED) is 0.776. The van der Waals surface area contributed by atoms with Crippen LogP contribution in [0.2, 0.25) is 0 Å². The van der Waals surface area contributed by atoms with Crippen LogP contribution in [-0.4, -0.2) is 27.6 Å². The molecule has 20 heavy (non-hydrogen) atoms. The number of hydrogen-bond acceptors (Lipinski definition) is 2. The van der Waals surface area contributed by atoms with Crippen molar-refractivity contribution >= 4 is 38.6 Å².